The summed E-state index contributed by atoms with van der Waals surface area (Å²) in [6, 6.07) is 4.52. The number of nitrogens with one attached hydrogen (secondary N) is 2. The molecule has 8 heteroatoms. The molecule has 0 saturated heterocycles. The molecule has 19 heavy (non-hydrogen) atoms. The van der Waals surface area contributed by atoms with Gasteiger partial charge in [-0.05, 0) is 18.2 Å². The third kappa shape index (κ3) is 2.85. The van der Waals surface area contributed by atoms with Crippen molar-refractivity contribution in [3.63, 3.8) is 0 Å². The predicted octanol–water partition coefficient (Wildman–Crippen LogP) is 0.678. The second-order valence-electron chi connectivity index (χ2n) is 3.77. The number of benzene rings is 1. The van der Waals surface area contributed by atoms with Crippen LogP contribution >= 0.6 is 0 Å². The number of methoxy groups -OCH3 is 1. The number of hydrogen-bond donors (Lipinski definition) is 3. The molecule has 0 radical (unpaired) electrons. The van der Waals surface area contributed by atoms with Crippen LogP contribution in [0.3, 0.4) is 0 Å². The first-order valence-corrected chi connectivity index (χ1v) is 6.93. The van der Waals surface area contributed by atoms with Crippen LogP contribution in [-0.4, -0.2) is 25.7 Å². The van der Waals surface area contributed by atoms with Gasteiger partial charge in [0.15, 0.2) is 0 Å². The lowest BCUT2D eigenvalue weighted by Gasteiger charge is -2.10. The van der Waals surface area contributed by atoms with E-state index in [-0.39, 0.29) is 11.4 Å². The highest BCUT2D eigenvalue weighted by Gasteiger charge is 2.16. The van der Waals surface area contributed by atoms with Crippen molar-refractivity contribution in [3.05, 3.63) is 36.2 Å². The lowest BCUT2D eigenvalue weighted by atomic mass is 10.2. The summed E-state index contributed by atoms with van der Waals surface area (Å²) >= 11 is 0. The number of H-pyrrole nitrogens is 1. The van der Waals surface area contributed by atoms with Crippen molar-refractivity contribution in [2.45, 2.75) is 11.4 Å². The summed E-state index contributed by atoms with van der Waals surface area (Å²) in [5.74, 6) is 0.560. The van der Waals surface area contributed by atoms with Crippen LogP contribution in [0.1, 0.15) is 5.56 Å². The first-order chi connectivity index (χ1) is 9.06. The standard InChI is InChI=1S/C11H14N4O3S/c1-18-11-3-2-10(4-8(11)5-12)19(16,17)15-9-6-13-14-7-9/h2-4,6-7,15H,5,12H2,1H3,(H,13,14). The van der Waals surface area contributed by atoms with Gasteiger partial charge in [0.2, 0.25) is 0 Å². The molecule has 0 unspecified atom stereocenters. The molecule has 102 valence electrons. The Balaban J connectivity index is 2.35. The van der Waals surface area contributed by atoms with Crippen LogP contribution in [0.2, 0.25) is 0 Å². The topological polar surface area (TPSA) is 110 Å². The van der Waals surface area contributed by atoms with Gasteiger partial charge in [-0.25, -0.2) is 8.42 Å². The molecular formula is C11H14N4O3S. The Morgan fingerprint density at radius 1 is 1.47 bits per heavy atom. The maximum atomic E-state index is 12.1. The first-order valence-electron chi connectivity index (χ1n) is 5.45. The molecule has 1 aromatic carbocycles. The van der Waals surface area contributed by atoms with Crippen molar-refractivity contribution in [2.75, 3.05) is 11.8 Å². The summed E-state index contributed by atoms with van der Waals surface area (Å²) in [5, 5.41) is 6.20. The van der Waals surface area contributed by atoms with Crippen molar-refractivity contribution in [1.29, 1.82) is 0 Å². The summed E-state index contributed by atoms with van der Waals surface area (Å²) < 4.78 is 31.8. The maximum Gasteiger partial charge on any atom is 0.262 e. The van der Waals surface area contributed by atoms with Crippen LogP contribution in [0.25, 0.3) is 0 Å². The van der Waals surface area contributed by atoms with E-state index >= 15 is 0 Å². The minimum Gasteiger partial charge on any atom is -0.496 e. The van der Waals surface area contributed by atoms with Gasteiger partial charge in [-0.15, -0.1) is 0 Å². The van der Waals surface area contributed by atoms with Gasteiger partial charge in [0, 0.05) is 18.3 Å². The smallest absolute Gasteiger partial charge is 0.262 e. The zero-order chi connectivity index (χ0) is 13.9. The molecule has 2 rings (SSSR count). The van der Waals surface area contributed by atoms with Gasteiger partial charge in [-0.1, -0.05) is 0 Å². The van der Waals surface area contributed by atoms with E-state index in [1.165, 1.54) is 31.6 Å². The fourth-order valence-corrected chi connectivity index (χ4v) is 2.69. The third-order valence-corrected chi connectivity index (χ3v) is 3.91. The molecular weight excluding hydrogens is 268 g/mol. The number of aromatic amines is 1. The Morgan fingerprint density at radius 2 is 2.26 bits per heavy atom. The molecule has 0 bridgehead atoms. The van der Waals surface area contributed by atoms with Crippen LogP contribution in [0.5, 0.6) is 5.75 Å². The van der Waals surface area contributed by atoms with E-state index in [1.54, 1.807) is 6.07 Å². The van der Waals surface area contributed by atoms with Crippen LogP contribution < -0.4 is 15.2 Å². The van der Waals surface area contributed by atoms with Crippen LogP contribution in [0.4, 0.5) is 5.69 Å². The summed E-state index contributed by atoms with van der Waals surface area (Å²) in [6.07, 6.45) is 2.83. The molecule has 4 N–H and O–H groups in total. The molecule has 2 aromatic rings. The van der Waals surface area contributed by atoms with E-state index in [4.69, 9.17) is 10.5 Å². The molecule has 7 nitrogen and oxygen atoms in total. The molecule has 0 amide bonds. The summed E-state index contributed by atoms with van der Waals surface area (Å²) in [6.45, 7) is 0.193. The second-order valence-corrected chi connectivity index (χ2v) is 5.45. The molecule has 0 aliphatic rings. The van der Waals surface area contributed by atoms with E-state index in [1.807, 2.05) is 0 Å². The zero-order valence-electron chi connectivity index (χ0n) is 10.3. The van der Waals surface area contributed by atoms with Gasteiger partial charge in [0.25, 0.3) is 10.0 Å². The molecule has 0 spiro atoms. The lowest BCUT2D eigenvalue weighted by molar-refractivity contribution is 0.409. The number of hydrogen-bond acceptors (Lipinski definition) is 5. The van der Waals surface area contributed by atoms with Crippen LogP contribution in [0, 0.1) is 0 Å². The highest BCUT2D eigenvalue weighted by atomic mass is 32.2. The van der Waals surface area contributed by atoms with Crippen LogP contribution in [-0.2, 0) is 16.6 Å². The number of nitrogens with two attached hydrogens (primary N) is 1. The van der Waals surface area contributed by atoms with Crippen molar-refractivity contribution in [3.8, 4) is 5.75 Å². The highest BCUT2D eigenvalue weighted by Crippen LogP contribution is 2.23. The van der Waals surface area contributed by atoms with Crippen molar-refractivity contribution >= 4 is 15.7 Å². The maximum absolute atomic E-state index is 12.1. The van der Waals surface area contributed by atoms with Gasteiger partial charge in [-0.3, -0.25) is 9.82 Å². The summed E-state index contributed by atoms with van der Waals surface area (Å²) in [5.41, 5.74) is 6.55. The van der Waals surface area contributed by atoms with Gasteiger partial charge in [-0.2, -0.15) is 5.10 Å². The number of ether oxygens (including phenoxy) is 1. The number of anilines is 1. The zero-order valence-corrected chi connectivity index (χ0v) is 11.1. The number of rotatable bonds is 5. The molecule has 1 heterocycles. The molecule has 0 atom stereocenters. The van der Waals surface area contributed by atoms with E-state index in [9.17, 15) is 8.42 Å². The fourth-order valence-electron chi connectivity index (χ4n) is 1.60. The Morgan fingerprint density at radius 3 is 2.84 bits per heavy atom. The van der Waals surface area contributed by atoms with Crippen molar-refractivity contribution in [2.24, 2.45) is 5.73 Å². The lowest BCUT2D eigenvalue weighted by Crippen LogP contribution is -2.13. The minimum atomic E-state index is -3.66. The monoisotopic (exact) mass is 282 g/mol. The SMILES string of the molecule is COc1ccc(S(=O)(=O)Nc2cn[nH]c2)cc1CN. The normalized spacial score (nSPS) is 11.3. The van der Waals surface area contributed by atoms with E-state index in [0.717, 1.165) is 0 Å². The van der Waals surface area contributed by atoms with E-state index < -0.39 is 10.0 Å². The molecule has 1 aromatic heterocycles. The van der Waals surface area contributed by atoms with E-state index in [2.05, 4.69) is 14.9 Å². The minimum absolute atomic E-state index is 0.120. The molecule has 0 saturated carbocycles. The Bertz CT molecular complexity index is 653. The molecule has 0 fully saturated rings. The van der Waals surface area contributed by atoms with Crippen molar-refractivity contribution in [1.82, 2.24) is 10.2 Å². The van der Waals surface area contributed by atoms with Crippen molar-refractivity contribution < 1.29 is 13.2 Å². The quantitative estimate of drug-likeness (QED) is 0.747. The number of aromatic nitrogens is 2. The van der Waals surface area contributed by atoms with Gasteiger partial charge in [0.1, 0.15) is 5.75 Å². The van der Waals surface area contributed by atoms with Gasteiger partial charge < -0.3 is 10.5 Å². The van der Waals surface area contributed by atoms with E-state index in [0.29, 0.717) is 17.0 Å². The number of sulfonamides is 1. The summed E-state index contributed by atoms with van der Waals surface area (Å²) in [7, 11) is -2.16. The third-order valence-electron chi connectivity index (χ3n) is 2.53. The predicted molar refractivity (Wildman–Crippen MR) is 70.3 cm³/mol. The number of nitrogens with zero attached hydrogens (tertiary/aromatic N) is 1. The second kappa shape index (κ2) is 5.29. The largest absolute Gasteiger partial charge is 0.496 e. The Kier molecular flexibility index (Phi) is 3.72. The molecule has 0 aliphatic carbocycles. The fraction of sp³-hybridized carbons (Fsp3) is 0.182. The highest BCUT2D eigenvalue weighted by molar-refractivity contribution is 7.92. The van der Waals surface area contributed by atoms with Gasteiger partial charge >= 0.3 is 0 Å². The average molecular weight is 282 g/mol. The first kappa shape index (κ1) is 13.4. The van der Waals surface area contributed by atoms with Crippen LogP contribution in [0.15, 0.2) is 35.5 Å². The molecule has 0 aliphatic heterocycles. The Hall–Kier alpha value is -2.06. The average Bonchev–Trinajstić information content (AvgIpc) is 2.89. The van der Waals surface area contributed by atoms with Gasteiger partial charge in [0.05, 0.1) is 23.9 Å². The summed E-state index contributed by atoms with van der Waals surface area (Å²) in [4.78, 5) is 0.120. The Labute approximate surface area is 110 Å².